The maximum absolute atomic E-state index is 9.14. The lowest BCUT2D eigenvalue weighted by Gasteiger charge is -2.29. The van der Waals surface area contributed by atoms with Gasteiger partial charge in [0.05, 0.1) is 17.9 Å². The summed E-state index contributed by atoms with van der Waals surface area (Å²) in [6.45, 7) is 5.57. The third-order valence-electron chi connectivity index (χ3n) is 2.61. The Labute approximate surface area is 103 Å². The summed E-state index contributed by atoms with van der Waals surface area (Å²) in [7, 11) is 1.67. The number of hydrogen-bond donors (Lipinski definition) is 1. The third-order valence-corrected chi connectivity index (χ3v) is 2.61. The summed E-state index contributed by atoms with van der Waals surface area (Å²) < 4.78 is 5.09. The fourth-order valence-electron chi connectivity index (χ4n) is 1.74. The van der Waals surface area contributed by atoms with Crippen LogP contribution in [-0.2, 0) is 4.74 Å². The molecule has 92 valence electrons. The summed E-state index contributed by atoms with van der Waals surface area (Å²) in [6, 6.07) is 7.91. The molecule has 4 heteroatoms. The highest BCUT2D eigenvalue weighted by Crippen LogP contribution is 2.24. The Balaban J connectivity index is 3.05. The molecular formula is C13H19N3O. The molecule has 0 heterocycles. The number of nitrogens with zero attached hydrogens (tertiary/aromatic N) is 2. The van der Waals surface area contributed by atoms with Crippen LogP contribution in [0.4, 0.5) is 11.4 Å². The molecule has 0 aromatic heterocycles. The van der Waals surface area contributed by atoms with Gasteiger partial charge < -0.3 is 15.4 Å². The molecule has 0 aliphatic heterocycles. The van der Waals surface area contributed by atoms with Crippen LogP contribution in [0.3, 0.4) is 0 Å². The molecule has 0 aliphatic rings. The van der Waals surface area contributed by atoms with Gasteiger partial charge in [-0.15, -0.1) is 0 Å². The first-order valence-corrected chi connectivity index (χ1v) is 5.65. The first-order chi connectivity index (χ1) is 8.10. The van der Waals surface area contributed by atoms with Crippen LogP contribution in [0.25, 0.3) is 0 Å². The lowest BCUT2D eigenvalue weighted by atomic mass is 10.1. The summed E-state index contributed by atoms with van der Waals surface area (Å²) in [5.74, 6) is 0. The van der Waals surface area contributed by atoms with Crippen molar-refractivity contribution in [3.63, 3.8) is 0 Å². The van der Waals surface area contributed by atoms with Gasteiger partial charge in [-0.3, -0.25) is 0 Å². The topological polar surface area (TPSA) is 62.3 Å². The lowest BCUT2D eigenvalue weighted by Crippen LogP contribution is -2.34. The first-order valence-electron chi connectivity index (χ1n) is 5.65. The predicted molar refractivity (Wildman–Crippen MR) is 69.9 cm³/mol. The standard InChI is InChI=1S/C13H19N3O/c1-10(2)16(6-7-17-3)13-5-4-12(15)8-11(13)9-14/h4-5,8,10H,6-7,15H2,1-3H3. The van der Waals surface area contributed by atoms with E-state index in [0.29, 0.717) is 23.9 Å². The molecule has 1 aromatic rings. The molecule has 0 bridgehead atoms. The van der Waals surface area contributed by atoms with Crippen molar-refractivity contribution in [3.8, 4) is 6.07 Å². The molecule has 0 unspecified atom stereocenters. The summed E-state index contributed by atoms with van der Waals surface area (Å²) in [4.78, 5) is 2.14. The second-order valence-corrected chi connectivity index (χ2v) is 4.17. The number of benzene rings is 1. The van der Waals surface area contributed by atoms with Gasteiger partial charge in [-0.2, -0.15) is 5.26 Å². The van der Waals surface area contributed by atoms with Gasteiger partial charge >= 0.3 is 0 Å². The highest BCUT2D eigenvalue weighted by molar-refractivity contribution is 5.64. The van der Waals surface area contributed by atoms with Crippen LogP contribution in [0.5, 0.6) is 0 Å². The van der Waals surface area contributed by atoms with Crippen molar-refractivity contribution in [1.29, 1.82) is 5.26 Å². The number of nitrogens with two attached hydrogens (primary N) is 1. The van der Waals surface area contributed by atoms with Gasteiger partial charge in [0, 0.05) is 25.4 Å². The molecule has 1 aromatic carbocycles. The average molecular weight is 233 g/mol. The Morgan fingerprint density at radius 3 is 2.71 bits per heavy atom. The van der Waals surface area contributed by atoms with E-state index in [9.17, 15) is 0 Å². The molecule has 0 spiro atoms. The fourth-order valence-corrected chi connectivity index (χ4v) is 1.74. The Morgan fingerprint density at radius 1 is 1.47 bits per heavy atom. The molecular weight excluding hydrogens is 214 g/mol. The zero-order valence-electron chi connectivity index (χ0n) is 10.6. The minimum atomic E-state index is 0.306. The second-order valence-electron chi connectivity index (χ2n) is 4.17. The zero-order chi connectivity index (χ0) is 12.8. The Kier molecular flexibility index (Phi) is 4.80. The van der Waals surface area contributed by atoms with Crippen molar-refractivity contribution in [2.45, 2.75) is 19.9 Å². The van der Waals surface area contributed by atoms with E-state index in [0.717, 1.165) is 12.2 Å². The number of nitriles is 1. The first kappa shape index (κ1) is 13.3. The average Bonchev–Trinajstić information content (AvgIpc) is 2.30. The van der Waals surface area contributed by atoms with Crippen molar-refractivity contribution in [2.75, 3.05) is 30.9 Å². The zero-order valence-corrected chi connectivity index (χ0v) is 10.6. The Hall–Kier alpha value is -1.73. The Morgan fingerprint density at radius 2 is 2.18 bits per heavy atom. The molecule has 0 fully saturated rings. The van der Waals surface area contributed by atoms with E-state index in [1.54, 1.807) is 13.2 Å². The van der Waals surface area contributed by atoms with E-state index in [1.165, 1.54) is 0 Å². The van der Waals surface area contributed by atoms with Gasteiger partial charge in [-0.25, -0.2) is 0 Å². The summed E-state index contributed by atoms with van der Waals surface area (Å²) >= 11 is 0. The van der Waals surface area contributed by atoms with Gasteiger partial charge in [0.25, 0.3) is 0 Å². The normalized spacial score (nSPS) is 10.3. The summed E-state index contributed by atoms with van der Waals surface area (Å²) in [5.41, 5.74) is 7.81. The highest BCUT2D eigenvalue weighted by atomic mass is 16.5. The van der Waals surface area contributed by atoms with E-state index < -0.39 is 0 Å². The largest absolute Gasteiger partial charge is 0.399 e. The highest BCUT2D eigenvalue weighted by Gasteiger charge is 2.14. The molecule has 0 atom stereocenters. The van der Waals surface area contributed by atoms with E-state index >= 15 is 0 Å². The molecule has 0 amide bonds. The van der Waals surface area contributed by atoms with E-state index in [1.807, 2.05) is 12.1 Å². The quantitative estimate of drug-likeness (QED) is 0.790. The van der Waals surface area contributed by atoms with Crippen molar-refractivity contribution in [2.24, 2.45) is 0 Å². The Bertz CT molecular complexity index is 410. The van der Waals surface area contributed by atoms with Crippen LogP contribution in [0.1, 0.15) is 19.4 Å². The molecule has 2 N–H and O–H groups in total. The number of nitrogen functional groups attached to an aromatic ring is 1. The lowest BCUT2D eigenvalue weighted by molar-refractivity contribution is 0.204. The fraction of sp³-hybridized carbons (Fsp3) is 0.462. The summed E-state index contributed by atoms with van der Waals surface area (Å²) in [6.07, 6.45) is 0. The van der Waals surface area contributed by atoms with Crippen LogP contribution < -0.4 is 10.6 Å². The molecule has 0 aliphatic carbocycles. The van der Waals surface area contributed by atoms with Gasteiger partial charge in [0.2, 0.25) is 0 Å². The van der Waals surface area contributed by atoms with Crippen LogP contribution in [-0.4, -0.2) is 26.3 Å². The predicted octanol–water partition coefficient (Wildman–Crippen LogP) is 2.00. The molecule has 0 radical (unpaired) electrons. The summed E-state index contributed by atoms with van der Waals surface area (Å²) in [5, 5.41) is 9.14. The van der Waals surface area contributed by atoms with E-state index in [4.69, 9.17) is 15.7 Å². The van der Waals surface area contributed by atoms with Crippen LogP contribution in [0.15, 0.2) is 18.2 Å². The molecule has 4 nitrogen and oxygen atoms in total. The van der Waals surface area contributed by atoms with E-state index in [-0.39, 0.29) is 0 Å². The number of methoxy groups -OCH3 is 1. The van der Waals surface area contributed by atoms with Crippen molar-refractivity contribution in [1.82, 2.24) is 0 Å². The minimum Gasteiger partial charge on any atom is -0.399 e. The third kappa shape index (κ3) is 3.36. The number of rotatable bonds is 5. The molecule has 0 saturated carbocycles. The minimum absolute atomic E-state index is 0.306. The van der Waals surface area contributed by atoms with Crippen molar-refractivity contribution in [3.05, 3.63) is 23.8 Å². The maximum atomic E-state index is 9.14. The number of ether oxygens (including phenoxy) is 1. The SMILES string of the molecule is COCCN(c1ccc(N)cc1C#N)C(C)C. The van der Waals surface area contributed by atoms with Gasteiger partial charge in [0.15, 0.2) is 0 Å². The second kappa shape index (κ2) is 6.12. The van der Waals surface area contributed by atoms with Crippen molar-refractivity contribution >= 4 is 11.4 Å². The van der Waals surface area contributed by atoms with Crippen molar-refractivity contribution < 1.29 is 4.74 Å². The van der Waals surface area contributed by atoms with Crippen LogP contribution >= 0.6 is 0 Å². The molecule has 0 saturated heterocycles. The van der Waals surface area contributed by atoms with Gasteiger partial charge in [-0.1, -0.05) is 0 Å². The monoisotopic (exact) mass is 233 g/mol. The number of hydrogen-bond acceptors (Lipinski definition) is 4. The molecule has 17 heavy (non-hydrogen) atoms. The maximum Gasteiger partial charge on any atom is 0.101 e. The van der Waals surface area contributed by atoms with E-state index in [2.05, 4.69) is 24.8 Å². The van der Waals surface area contributed by atoms with Crippen LogP contribution in [0.2, 0.25) is 0 Å². The van der Waals surface area contributed by atoms with Gasteiger partial charge in [0.1, 0.15) is 6.07 Å². The smallest absolute Gasteiger partial charge is 0.101 e. The van der Waals surface area contributed by atoms with Crippen LogP contribution in [0, 0.1) is 11.3 Å². The number of anilines is 2. The molecule has 1 rings (SSSR count). The van der Waals surface area contributed by atoms with Gasteiger partial charge in [-0.05, 0) is 32.0 Å².